The Balaban J connectivity index is 1.68. The van der Waals surface area contributed by atoms with E-state index in [0.717, 1.165) is 39.5 Å². The second-order valence-corrected chi connectivity index (χ2v) is 11.1. The zero-order valence-corrected chi connectivity index (χ0v) is 22.2. The molecule has 3 aromatic rings. The summed E-state index contributed by atoms with van der Waals surface area (Å²) in [5.74, 6) is -0.0191. The van der Waals surface area contributed by atoms with Crippen molar-refractivity contribution >= 4 is 34.6 Å². The van der Waals surface area contributed by atoms with Gasteiger partial charge in [-0.2, -0.15) is 0 Å². The Morgan fingerprint density at radius 2 is 1.56 bits per heavy atom. The molecule has 0 radical (unpaired) electrons. The predicted octanol–water partition coefficient (Wildman–Crippen LogP) is 7.24. The number of thioether (sulfide) groups is 1. The van der Waals surface area contributed by atoms with Gasteiger partial charge in [-0.15, -0.1) is 0 Å². The van der Waals surface area contributed by atoms with Crippen LogP contribution in [0.3, 0.4) is 0 Å². The van der Waals surface area contributed by atoms with Gasteiger partial charge >= 0.3 is 0 Å². The number of amides is 1. The second-order valence-electron chi connectivity index (χ2n) is 10.1. The molecule has 176 valence electrons. The maximum absolute atomic E-state index is 13.0. The lowest BCUT2D eigenvalue weighted by atomic mass is 9.87. The van der Waals surface area contributed by atoms with E-state index in [4.69, 9.17) is 4.99 Å². The molecular formula is C29H33N3OS. The molecule has 2 heterocycles. The molecule has 0 N–H and O–H groups in total. The van der Waals surface area contributed by atoms with Gasteiger partial charge in [-0.3, -0.25) is 9.69 Å². The number of aryl methyl sites for hydroxylation is 3. The summed E-state index contributed by atoms with van der Waals surface area (Å²) >= 11 is 1.44. The number of benzene rings is 2. The molecule has 34 heavy (non-hydrogen) atoms. The average Bonchev–Trinajstić information content (AvgIpc) is 3.20. The van der Waals surface area contributed by atoms with E-state index >= 15 is 0 Å². The summed E-state index contributed by atoms with van der Waals surface area (Å²) in [5.41, 5.74) is 9.01. The summed E-state index contributed by atoms with van der Waals surface area (Å²) in [5, 5.41) is 0.709. The van der Waals surface area contributed by atoms with Crippen LogP contribution in [-0.2, 0) is 10.2 Å². The van der Waals surface area contributed by atoms with E-state index in [2.05, 4.69) is 69.5 Å². The number of aliphatic imine (C=N–C) groups is 1. The molecule has 1 aliphatic rings. The van der Waals surface area contributed by atoms with Gasteiger partial charge in [0, 0.05) is 24.1 Å². The van der Waals surface area contributed by atoms with E-state index < -0.39 is 0 Å². The van der Waals surface area contributed by atoms with Crippen LogP contribution in [0.15, 0.2) is 58.4 Å². The number of amidine groups is 1. The zero-order chi connectivity index (χ0) is 24.8. The number of para-hydroxylation sites is 1. The molecule has 5 heteroatoms. The molecule has 0 saturated carbocycles. The van der Waals surface area contributed by atoms with Crippen LogP contribution in [0, 0.1) is 27.7 Å². The van der Waals surface area contributed by atoms with E-state index in [-0.39, 0.29) is 11.3 Å². The molecule has 0 aliphatic carbocycles. The van der Waals surface area contributed by atoms with Crippen molar-refractivity contribution in [3.8, 4) is 5.69 Å². The first-order chi connectivity index (χ1) is 16.0. The average molecular weight is 472 g/mol. The van der Waals surface area contributed by atoms with Crippen molar-refractivity contribution in [2.24, 2.45) is 4.99 Å². The third-order valence-electron chi connectivity index (χ3n) is 6.40. The Hall–Kier alpha value is -3.05. The minimum absolute atomic E-state index is 0.0191. The highest BCUT2D eigenvalue weighted by Crippen LogP contribution is 2.36. The topological polar surface area (TPSA) is 37.6 Å². The summed E-state index contributed by atoms with van der Waals surface area (Å²) in [4.78, 5) is 20.2. The molecule has 4 nitrogen and oxygen atoms in total. The molecule has 4 rings (SSSR count). The molecule has 1 fully saturated rings. The molecule has 0 bridgehead atoms. The highest BCUT2D eigenvalue weighted by molar-refractivity contribution is 8.18. The number of carbonyl (C=O) groups excluding carboxylic acids is 1. The SMILES string of the molecule is Cc1cccc(C)c1N=C1S/C(=C\c2cc(C)n(-c3ccc(C(C)(C)C)cc3)c2C)C(=O)N1C. The van der Waals surface area contributed by atoms with Crippen LogP contribution in [0.4, 0.5) is 5.69 Å². The highest BCUT2D eigenvalue weighted by atomic mass is 32.2. The van der Waals surface area contributed by atoms with Gasteiger partial charge in [0.05, 0.1) is 10.6 Å². The number of rotatable bonds is 3. The van der Waals surface area contributed by atoms with E-state index in [1.165, 1.54) is 17.3 Å². The maximum Gasteiger partial charge on any atom is 0.266 e. The van der Waals surface area contributed by atoms with E-state index in [0.29, 0.717) is 10.1 Å². The third-order valence-corrected chi connectivity index (χ3v) is 7.46. The Labute approximate surface area is 207 Å². The second kappa shape index (κ2) is 8.95. The monoisotopic (exact) mass is 471 g/mol. The highest BCUT2D eigenvalue weighted by Gasteiger charge is 2.31. The molecular weight excluding hydrogens is 438 g/mol. The van der Waals surface area contributed by atoms with Crippen molar-refractivity contribution in [3.05, 3.63) is 87.1 Å². The van der Waals surface area contributed by atoms with Gasteiger partial charge in [0.2, 0.25) is 0 Å². The van der Waals surface area contributed by atoms with Gasteiger partial charge in [-0.1, -0.05) is 51.1 Å². The summed E-state index contributed by atoms with van der Waals surface area (Å²) in [6.45, 7) is 15.0. The Morgan fingerprint density at radius 1 is 0.941 bits per heavy atom. The Bertz CT molecular complexity index is 1300. The molecule has 0 spiro atoms. The first-order valence-corrected chi connectivity index (χ1v) is 12.4. The van der Waals surface area contributed by atoms with Crippen LogP contribution in [0.2, 0.25) is 0 Å². The quantitative estimate of drug-likeness (QED) is 0.378. The number of likely N-dealkylation sites (N-methyl/N-ethyl adjacent to an activating group) is 1. The fraction of sp³-hybridized carbons (Fsp3) is 0.310. The summed E-state index contributed by atoms with van der Waals surface area (Å²) in [7, 11) is 1.79. The van der Waals surface area contributed by atoms with E-state index in [1.54, 1.807) is 11.9 Å². The van der Waals surface area contributed by atoms with Crippen molar-refractivity contribution in [2.75, 3.05) is 7.05 Å². The molecule has 1 amide bonds. The molecule has 1 aliphatic heterocycles. The molecule has 0 atom stereocenters. The maximum atomic E-state index is 13.0. The molecule has 2 aromatic carbocycles. The first kappa shape index (κ1) is 24.1. The van der Waals surface area contributed by atoms with Crippen molar-refractivity contribution < 1.29 is 4.79 Å². The van der Waals surface area contributed by atoms with Crippen LogP contribution in [-0.4, -0.2) is 27.6 Å². The van der Waals surface area contributed by atoms with Gasteiger partial charge in [-0.05, 0) is 91.4 Å². The van der Waals surface area contributed by atoms with Crippen molar-refractivity contribution in [2.45, 2.75) is 53.9 Å². The minimum atomic E-state index is -0.0191. The summed E-state index contributed by atoms with van der Waals surface area (Å²) in [6, 6.07) is 17.0. The minimum Gasteiger partial charge on any atom is -0.318 e. The van der Waals surface area contributed by atoms with Gasteiger partial charge in [0.25, 0.3) is 5.91 Å². The summed E-state index contributed by atoms with van der Waals surface area (Å²) < 4.78 is 2.25. The lowest BCUT2D eigenvalue weighted by Crippen LogP contribution is -2.23. The van der Waals surface area contributed by atoms with Gasteiger partial charge in [0.15, 0.2) is 5.17 Å². The van der Waals surface area contributed by atoms with E-state index in [1.807, 2.05) is 38.1 Å². The van der Waals surface area contributed by atoms with Gasteiger partial charge in [0.1, 0.15) is 0 Å². The summed E-state index contributed by atoms with van der Waals surface area (Å²) in [6.07, 6.45) is 2.00. The van der Waals surface area contributed by atoms with E-state index in [9.17, 15) is 4.79 Å². The fourth-order valence-electron chi connectivity index (χ4n) is 4.31. The number of hydrogen-bond acceptors (Lipinski definition) is 3. The molecule has 1 saturated heterocycles. The largest absolute Gasteiger partial charge is 0.318 e. The predicted molar refractivity (Wildman–Crippen MR) is 145 cm³/mol. The Kier molecular flexibility index (Phi) is 6.34. The number of nitrogens with zero attached hydrogens (tertiary/aromatic N) is 3. The van der Waals surface area contributed by atoms with Crippen molar-refractivity contribution in [3.63, 3.8) is 0 Å². The first-order valence-electron chi connectivity index (χ1n) is 11.6. The van der Waals surface area contributed by atoms with Crippen LogP contribution in [0.1, 0.15) is 54.4 Å². The van der Waals surface area contributed by atoms with Crippen LogP contribution in [0.25, 0.3) is 11.8 Å². The smallest absolute Gasteiger partial charge is 0.266 e. The lowest BCUT2D eigenvalue weighted by Gasteiger charge is -2.20. The molecule has 0 unspecified atom stereocenters. The molecule has 1 aromatic heterocycles. The number of aromatic nitrogens is 1. The van der Waals surface area contributed by atoms with Crippen LogP contribution in [0.5, 0.6) is 0 Å². The van der Waals surface area contributed by atoms with Crippen LogP contribution < -0.4 is 0 Å². The normalized spacial score (nSPS) is 16.8. The standard InChI is InChI=1S/C29H33N3OS/c1-18-10-9-11-19(2)26(18)30-28-31(8)27(33)25(34-28)17-22-16-20(3)32(21(22)4)24-14-12-23(13-15-24)29(5,6)7/h9-17H,1-8H3/b25-17-,30-28?. The third kappa shape index (κ3) is 4.49. The van der Waals surface area contributed by atoms with Crippen molar-refractivity contribution in [1.82, 2.24) is 9.47 Å². The Morgan fingerprint density at radius 3 is 2.15 bits per heavy atom. The fourth-order valence-corrected chi connectivity index (χ4v) is 5.28. The number of carbonyl (C=O) groups is 1. The van der Waals surface area contributed by atoms with Gasteiger partial charge in [-0.25, -0.2) is 4.99 Å². The lowest BCUT2D eigenvalue weighted by molar-refractivity contribution is -0.121. The van der Waals surface area contributed by atoms with Crippen LogP contribution >= 0.6 is 11.8 Å². The van der Waals surface area contributed by atoms with Gasteiger partial charge < -0.3 is 4.57 Å². The van der Waals surface area contributed by atoms with Crippen molar-refractivity contribution in [1.29, 1.82) is 0 Å². The number of hydrogen-bond donors (Lipinski definition) is 0. The zero-order valence-electron chi connectivity index (χ0n) is 21.4.